The number of carbonyl (C=O) groups excluding carboxylic acids is 1. The quantitative estimate of drug-likeness (QED) is 0.718. The predicted molar refractivity (Wildman–Crippen MR) is 53.5 cm³/mol. The summed E-state index contributed by atoms with van der Waals surface area (Å²) >= 11 is 0. The van der Waals surface area contributed by atoms with Crippen LogP contribution in [-0.4, -0.2) is 6.29 Å². The number of carbonyl (C=O) groups is 1. The lowest BCUT2D eigenvalue weighted by molar-refractivity contribution is -0.109. The van der Waals surface area contributed by atoms with Gasteiger partial charge in [0.05, 0.1) is 6.04 Å². The van der Waals surface area contributed by atoms with E-state index in [0.717, 1.165) is 11.8 Å². The van der Waals surface area contributed by atoms with Gasteiger partial charge < -0.3 is 10.5 Å². The van der Waals surface area contributed by atoms with Gasteiger partial charge in [0.15, 0.2) is 0 Å². The minimum Gasteiger partial charge on any atom is -0.318 e. The highest BCUT2D eigenvalue weighted by molar-refractivity contribution is 5.60. The lowest BCUT2D eigenvalue weighted by atomic mass is 10.00. The summed E-state index contributed by atoms with van der Waals surface area (Å²) in [4.78, 5) is 10.4. The third-order valence-electron chi connectivity index (χ3n) is 2.13. The van der Waals surface area contributed by atoms with Crippen molar-refractivity contribution in [1.82, 2.24) is 0 Å². The molecule has 2 nitrogen and oxygen atoms in total. The zero-order chi connectivity index (χ0) is 9.84. The summed E-state index contributed by atoms with van der Waals surface area (Å²) in [7, 11) is 0. The van der Waals surface area contributed by atoms with Gasteiger partial charge in [0.1, 0.15) is 6.29 Å². The van der Waals surface area contributed by atoms with Gasteiger partial charge in [-0.05, 0) is 17.0 Å². The van der Waals surface area contributed by atoms with Crippen molar-refractivity contribution in [2.24, 2.45) is 5.73 Å². The molecular formula is C11H15NO. The molecule has 13 heavy (non-hydrogen) atoms. The molecule has 0 aliphatic heterocycles. The van der Waals surface area contributed by atoms with Gasteiger partial charge in [-0.25, -0.2) is 0 Å². The van der Waals surface area contributed by atoms with E-state index in [1.165, 1.54) is 5.56 Å². The fourth-order valence-electron chi connectivity index (χ4n) is 1.18. The molecule has 0 aliphatic carbocycles. The minimum atomic E-state index is -0.485. The zero-order valence-corrected chi connectivity index (χ0v) is 8.03. The van der Waals surface area contributed by atoms with Crippen LogP contribution in [0.1, 0.15) is 36.9 Å². The molecular weight excluding hydrogens is 162 g/mol. The molecule has 1 unspecified atom stereocenters. The standard InChI is InChI=1S/C11H15NO/c1-8(2)9-3-5-10(6-4-9)11(12)7-13/h3-8,11H,12H2,1-2H3. The Morgan fingerprint density at radius 2 is 1.62 bits per heavy atom. The van der Waals surface area contributed by atoms with E-state index in [1.54, 1.807) is 0 Å². The fraction of sp³-hybridized carbons (Fsp3) is 0.364. The third kappa shape index (κ3) is 2.39. The van der Waals surface area contributed by atoms with Crippen molar-refractivity contribution in [3.8, 4) is 0 Å². The van der Waals surface area contributed by atoms with Gasteiger partial charge in [0.25, 0.3) is 0 Å². The topological polar surface area (TPSA) is 43.1 Å². The van der Waals surface area contributed by atoms with Crippen LogP contribution in [0.5, 0.6) is 0 Å². The Bertz CT molecular complexity index is 277. The lowest BCUT2D eigenvalue weighted by Crippen LogP contribution is -2.11. The molecule has 0 saturated heterocycles. The number of hydrogen-bond acceptors (Lipinski definition) is 2. The Hall–Kier alpha value is -1.15. The molecule has 0 aromatic heterocycles. The molecule has 0 bridgehead atoms. The summed E-state index contributed by atoms with van der Waals surface area (Å²) in [6.45, 7) is 4.27. The number of hydrogen-bond donors (Lipinski definition) is 1. The second kappa shape index (κ2) is 4.19. The van der Waals surface area contributed by atoms with Gasteiger partial charge in [-0.3, -0.25) is 0 Å². The number of aldehydes is 1. The molecule has 0 radical (unpaired) electrons. The highest BCUT2D eigenvalue weighted by Crippen LogP contribution is 2.16. The third-order valence-corrected chi connectivity index (χ3v) is 2.13. The van der Waals surface area contributed by atoms with Crippen LogP contribution in [0.15, 0.2) is 24.3 Å². The van der Waals surface area contributed by atoms with Gasteiger partial charge in [-0.2, -0.15) is 0 Å². The number of benzene rings is 1. The van der Waals surface area contributed by atoms with Crippen molar-refractivity contribution in [1.29, 1.82) is 0 Å². The Morgan fingerprint density at radius 1 is 1.15 bits per heavy atom. The minimum absolute atomic E-state index is 0.485. The lowest BCUT2D eigenvalue weighted by Gasteiger charge is -2.08. The summed E-state index contributed by atoms with van der Waals surface area (Å²) in [6.07, 6.45) is 0.754. The van der Waals surface area contributed by atoms with Crippen molar-refractivity contribution in [3.63, 3.8) is 0 Å². The Kier molecular flexibility index (Phi) is 3.20. The first-order valence-corrected chi connectivity index (χ1v) is 4.46. The SMILES string of the molecule is CC(C)c1ccc(C(N)C=O)cc1. The molecule has 70 valence electrons. The molecule has 0 heterocycles. The van der Waals surface area contributed by atoms with E-state index in [0.29, 0.717) is 5.92 Å². The fourth-order valence-corrected chi connectivity index (χ4v) is 1.18. The maximum atomic E-state index is 10.4. The second-order valence-corrected chi connectivity index (χ2v) is 3.48. The second-order valence-electron chi connectivity index (χ2n) is 3.48. The molecule has 2 N–H and O–H groups in total. The van der Waals surface area contributed by atoms with Crippen LogP contribution >= 0.6 is 0 Å². The summed E-state index contributed by atoms with van der Waals surface area (Å²) < 4.78 is 0. The highest BCUT2D eigenvalue weighted by atomic mass is 16.1. The van der Waals surface area contributed by atoms with Crippen molar-refractivity contribution in [3.05, 3.63) is 35.4 Å². The van der Waals surface area contributed by atoms with Crippen molar-refractivity contribution < 1.29 is 4.79 Å². The summed E-state index contributed by atoms with van der Waals surface area (Å²) in [5.74, 6) is 0.515. The van der Waals surface area contributed by atoms with Crippen molar-refractivity contribution in [2.45, 2.75) is 25.8 Å². The van der Waals surface area contributed by atoms with Crippen molar-refractivity contribution >= 4 is 6.29 Å². The molecule has 0 amide bonds. The Labute approximate surface area is 78.8 Å². The molecule has 2 heteroatoms. The van der Waals surface area contributed by atoms with Crippen LogP contribution in [0.25, 0.3) is 0 Å². The average Bonchev–Trinajstić information content (AvgIpc) is 2.17. The van der Waals surface area contributed by atoms with Crippen LogP contribution in [0.4, 0.5) is 0 Å². The smallest absolute Gasteiger partial charge is 0.141 e. The van der Waals surface area contributed by atoms with E-state index >= 15 is 0 Å². The summed E-state index contributed by atoms with van der Waals surface area (Å²) in [5, 5.41) is 0. The molecule has 1 aromatic carbocycles. The highest BCUT2D eigenvalue weighted by Gasteiger charge is 2.04. The first kappa shape index (κ1) is 9.93. The predicted octanol–water partition coefficient (Wildman–Crippen LogP) is 2.01. The molecule has 0 saturated carbocycles. The Balaban J connectivity index is 2.87. The van der Waals surface area contributed by atoms with Crippen LogP contribution < -0.4 is 5.73 Å². The van der Waals surface area contributed by atoms with E-state index in [4.69, 9.17) is 5.73 Å². The number of nitrogens with two attached hydrogens (primary N) is 1. The van der Waals surface area contributed by atoms with Gasteiger partial charge >= 0.3 is 0 Å². The van der Waals surface area contributed by atoms with E-state index in [2.05, 4.69) is 13.8 Å². The average molecular weight is 177 g/mol. The summed E-state index contributed by atoms with van der Waals surface area (Å²) in [6, 6.07) is 7.37. The maximum Gasteiger partial charge on any atom is 0.141 e. The van der Waals surface area contributed by atoms with Gasteiger partial charge in [-0.1, -0.05) is 38.1 Å². The zero-order valence-electron chi connectivity index (χ0n) is 8.03. The van der Waals surface area contributed by atoms with Crippen LogP contribution in [0.3, 0.4) is 0 Å². The Morgan fingerprint density at radius 3 is 2.00 bits per heavy atom. The first-order chi connectivity index (χ1) is 6.15. The molecule has 0 spiro atoms. The van der Waals surface area contributed by atoms with E-state index in [9.17, 15) is 4.79 Å². The monoisotopic (exact) mass is 177 g/mol. The van der Waals surface area contributed by atoms with Crippen LogP contribution in [0, 0.1) is 0 Å². The van der Waals surface area contributed by atoms with E-state index in [-0.39, 0.29) is 0 Å². The van der Waals surface area contributed by atoms with Gasteiger partial charge in [0, 0.05) is 0 Å². The molecule has 1 rings (SSSR count). The molecule has 0 aliphatic rings. The number of rotatable bonds is 3. The molecule has 0 fully saturated rings. The van der Waals surface area contributed by atoms with Gasteiger partial charge in [-0.15, -0.1) is 0 Å². The van der Waals surface area contributed by atoms with Crippen LogP contribution in [0.2, 0.25) is 0 Å². The van der Waals surface area contributed by atoms with Gasteiger partial charge in [0.2, 0.25) is 0 Å². The van der Waals surface area contributed by atoms with E-state index < -0.39 is 6.04 Å². The largest absolute Gasteiger partial charge is 0.318 e. The molecule has 1 aromatic rings. The van der Waals surface area contributed by atoms with Crippen LogP contribution in [-0.2, 0) is 4.79 Å². The van der Waals surface area contributed by atoms with Crippen molar-refractivity contribution in [2.75, 3.05) is 0 Å². The van der Waals surface area contributed by atoms with E-state index in [1.807, 2.05) is 24.3 Å². The maximum absolute atomic E-state index is 10.4. The molecule has 1 atom stereocenters. The summed E-state index contributed by atoms with van der Waals surface area (Å²) in [5.41, 5.74) is 7.69. The normalized spacial score (nSPS) is 12.9. The first-order valence-electron chi connectivity index (χ1n) is 4.46.